The maximum atomic E-state index is 6.30. The quantitative estimate of drug-likeness (QED) is 0.878. The first-order valence-electron chi connectivity index (χ1n) is 7.35. The summed E-state index contributed by atoms with van der Waals surface area (Å²) < 4.78 is 0. The van der Waals surface area contributed by atoms with Gasteiger partial charge in [0, 0.05) is 11.1 Å². The second-order valence-electron chi connectivity index (χ2n) is 5.57. The van der Waals surface area contributed by atoms with Gasteiger partial charge in [0.05, 0.1) is 0 Å². The molecule has 0 aliphatic carbocycles. The molecule has 1 N–H and O–H groups in total. The van der Waals surface area contributed by atoms with Crippen LogP contribution in [0.1, 0.15) is 37.8 Å². The fraction of sp³-hybridized carbons (Fsp3) is 0.625. The van der Waals surface area contributed by atoms with Gasteiger partial charge >= 0.3 is 0 Å². The van der Waals surface area contributed by atoms with Gasteiger partial charge in [0.15, 0.2) is 0 Å². The van der Waals surface area contributed by atoms with Crippen molar-refractivity contribution in [3.05, 3.63) is 34.9 Å². The van der Waals surface area contributed by atoms with E-state index in [1.807, 2.05) is 19.2 Å². The SMILES string of the molecule is CNCCC1CCN(C(C)c2ccccc2Cl)CC1.Cl. The second-order valence-corrected chi connectivity index (χ2v) is 5.98. The van der Waals surface area contributed by atoms with E-state index < -0.39 is 0 Å². The van der Waals surface area contributed by atoms with Crippen LogP contribution in [-0.4, -0.2) is 31.6 Å². The molecule has 0 saturated carbocycles. The van der Waals surface area contributed by atoms with Crippen molar-refractivity contribution in [2.75, 3.05) is 26.7 Å². The number of hydrogen-bond acceptors (Lipinski definition) is 2. The van der Waals surface area contributed by atoms with Gasteiger partial charge in [0.2, 0.25) is 0 Å². The summed E-state index contributed by atoms with van der Waals surface area (Å²) in [7, 11) is 2.04. The van der Waals surface area contributed by atoms with E-state index in [2.05, 4.69) is 29.3 Å². The maximum Gasteiger partial charge on any atom is 0.0453 e. The molecule has 1 unspecified atom stereocenters. The molecule has 1 fully saturated rings. The van der Waals surface area contributed by atoms with Crippen molar-refractivity contribution in [2.45, 2.75) is 32.2 Å². The predicted molar refractivity (Wildman–Crippen MR) is 90.0 cm³/mol. The van der Waals surface area contributed by atoms with Crippen LogP contribution in [0.2, 0.25) is 5.02 Å². The van der Waals surface area contributed by atoms with Crippen molar-refractivity contribution >= 4 is 24.0 Å². The summed E-state index contributed by atoms with van der Waals surface area (Å²) in [5.74, 6) is 0.891. The molecular weight excluding hydrogens is 291 g/mol. The van der Waals surface area contributed by atoms with Crippen LogP contribution in [0, 0.1) is 5.92 Å². The predicted octanol–water partition coefficient (Wildman–Crippen LogP) is 4.14. The summed E-state index contributed by atoms with van der Waals surface area (Å²) in [5.41, 5.74) is 1.26. The average Bonchev–Trinajstić information content (AvgIpc) is 2.45. The molecule has 1 aromatic rings. The van der Waals surface area contributed by atoms with Crippen molar-refractivity contribution in [1.29, 1.82) is 0 Å². The van der Waals surface area contributed by atoms with E-state index in [1.165, 1.54) is 37.9 Å². The molecule has 1 aliphatic rings. The van der Waals surface area contributed by atoms with E-state index in [-0.39, 0.29) is 12.4 Å². The van der Waals surface area contributed by atoms with Crippen LogP contribution >= 0.6 is 24.0 Å². The third-order valence-electron chi connectivity index (χ3n) is 4.35. The molecule has 20 heavy (non-hydrogen) atoms. The third kappa shape index (κ3) is 4.63. The molecule has 1 saturated heterocycles. The highest BCUT2D eigenvalue weighted by Crippen LogP contribution is 2.31. The van der Waals surface area contributed by atoms with Crippen molar-refractivity contribution in [3.8, 4) is 0 Å². The molecule has 1 aliphatic heterocycles. The van der Waals surface area contributed by atoms with Gasteiger partial charge in [-0.25, -0.2) is 0 Å². The summed E-state index contributed by atoms with van der Waals surface area (Å²) in [6.45, 7) is 5.81. The van der Waals surface area contributed by atoms with Gasteiger partial charge in [0.25, 0.3) is 0 Å². The molecular formula is C16H26Cl2N2. The highest BCUT2D eigenvalue weighted by molar-refractivity contribution is 6.31. The Labute approximate surface area is 134 Å². The summed E-state index contributed by atoms with van der Waals surface area (Å²) in [4.78, 5) is 2.57. The zero-order valence-electron chi connectivity index (χ0n) is 12.4. The van der Waals surface area contributed by atoms with E-state index in [4.69, 9.17) is 11.6 Å². The second kappa shape index (κ2) is 8.89. The van der Waals surface area contributed by atoms with Crippen molar-refractivity contribution < 1.29 is 0 Å². The van der Waals surface area contributed by atoms with E-state index in [0.29, 0.717) is 6.04 Å². The highest BCUT2D eigenvalue weighted by atomic mass is 35.5. The Bertz CT molecular complexity index is 390. The van der Waals surface area contributed by atoms with E-state index in [9.17, 15) is 0 Å². The first-order valence-corrected chi connectivity index (χ1v) is 7.73. The van der Waals surface area contributed by atoms with E-state index >= 15 is 0 Å². The van der Waals surface area contributed by atoms with E-state index in [0.717, 1.165) is 17.5 Å². The van der Waals surface area contributed by atoms with Gasteiger partial charge in [-0.3, -0.25) is 4.90 Å². The van der Waals surface area contributed by atoms with Gasteiger partial charge in [-0.1, -0.05) is 29.8 Å². The Balaban J connectivity index is 0.00000200. The average molecular weight is 317 g/mol. The molecule has 0 bridgehead atoms. The molecule has 4 heteroatoms. The van der Waals surface area contributed by atoms with Gasteiger partial charge in [-0.05, 0) is 70.4 Å². The first-order chi connectivity index (χ1) is 9.22. The van der Waals surface area contributed by atoms with Crippen LogP contribution in [0.15, 0.2) is 24.3 Å². The Morgan fingerprint density at radius 3 is 2.55 bits per heavy atom. The summed E-state index contributed by atoms with van der Waals surface area (Å²) in [6.07, 6.45) is 3.94. The minimum absolute atomic E-state index is 0. The number of benzene rings is 1. The zero-order valence-corrected chi connectivity index (χ0v) is 14.0. The fourth-order valence-electron chi connectivity index (χ4n) is 2.99. The number of hydrogen-bond donors (Lipinski definition) is 1. The number of nitrogens with one attached hydrogen (secondary N) is 1. The molecule has 0 amide bonds. The Morgan fingerprint density at radius 2 is 1.95 bits per heavy atom. The summed E-state index contributed by atoms with van der Waals surface area (Å²) in [5, 5.41) is 4.15. The lowest BCUT2D eigenvalue weighted by molar-refractivity contribution is 0.137. The molecule has 0 aromatic heterocycles. The smallest absolute Gasteiger partial charge is 0.0453 e. The topological polar surface area (TPSA) is 15.3 Å². The minimum Gasteiger partial charge on any atom is -0.320 e. The Kier molecular flexibility index (Phi) is 7.90. The van der Waals surface area contributed by atoms with Crippen LogP contribution in [0.25, 0.3) is 0 Å². The molecule has 2 rings (SSSR count). The molecule has 2 nitrogen and oxygen atoms in total. The standard InChI is InChI=1S/C16H25ClN2.ClH/c1-13(15-5-3-4-6-16(15)17)19-11-8-14(9-12-19)7-10-18-2;/h3-6,13-14,18H,7-12H2,1-2H3;1H. The van der Waals surface area contributed by atoms with Crippen LogP contribution in [0.4, 0.5) is 0 Å². The third-order valence-corrected chi connectivity index (χ3v) is 4.70. The summed E-state index contributed by atoms with van der Waals surface area (Å²) in [6, 6.07) is 8.66. The van der Waals surface area contributed by atoms with Crippen LogP contribution in [-0.2, 0) is 0 Å². The molecule has 1 atom stereocenters. The minimum atomic E-state index is 0. The number of rotatable bonds is 5. The van der Waals surface area contributed by atoms with Gasteiger partial charge in [-0.2, -0.15) is 0 Å². The monoisotopic (exact) mass is 316 g/mol. The van der Waals surface area contributed by atoms with Gasteiger partial charge in [0.1, 0.15) is 0 Å². The number of nitrogens with zero attached hydrogens (tertiary/aromatic N) is 1. The van der Waals surface area contributed by atoms with Crippen molar-refractivity contribution in [1.82, 2.24) is 10.2 Å². The lowest BCUT2D eigenvalue weighted by Gasteiger charge is -2.36. The normalized spacial score (nSPS) is 18.6. The zero-order chi connectivity index (χ0) is 13.7. The van der Waals surface area contributed by atoms with Crippen molar-refractivity contribution in [2.24, 2.45) is 5.92 Å². The number of piperidine rings is 1. The molecule has 114 valence electrons. The fourth-order valence-corrected chi connectivity index (χ4v) is 3.28. The molecule has 1 heterocycles. The van der Waals surface area contributed by atoms with Crippen LogP contribution < -0.4 is 5.32 Å². The first kappa shape index (κ1) is 17.8. The Hall–Kier alpha value is -0.280. The van der Waals surface area contributed by atoms with Crippen LogP contribution in [0.3, 0.4) is 0 Å². The molecule has 0 radical (unpaired) electrons. The van der Waals surface area contributed by atoms with Crippen molar-refractivity contribution in [3.63, 3.8) is 0 Å². The summed E-state index contributed by atoms with van der Waals surface area (Å²) >= 11 is 6.30. The lowest BCUT2D eigenvalue weighted by Crippen LogP contribution is -2.36. The van der Waals surface area contributed by atoms with E-state index in [1.54, 1.807) is 0 Å². The largest absolute Gasteiger partial charge is 0.320 e. The van der Waals surface area contributed by atoms with Gasteiger partial charge in [-0.15, -0.1) is 12.4 Å². The highest BCUT2D eigenvalue weighted by Gasteiger charge is 2.24. The van der Waals surface area contributed by atoms with Crippen LogP contribution in [0.5, 0.6) is 0 Å². The molecule has 1 aromatic carbocycles. The Morgan fingerprint density at radius 1 is 1.30 bits per heavy atom. The molecule has 0 spiro atoms. The lowest BCUT2D eigenvalue weighted by atomic mass is 9.92. The van der Waals surface area contributed by atoms with Gasteiger partial charge < -0.3 is 5.32 Å². The number of likely N-dealkylation sites (tertiary alicyclic amines) is 1. The number of halogens is 2. The maximum absolute atomic E-state index is 6.30.